The summed E-state index contributed by atoms with van der Waals surface area (Å²) in [6.45, 7) is 2.64. The van der Waals surface area contributed by atoms with Crippen LogP contribution in [-0.2, 0) is 0 Å². The van der Waals surface area contributed by atoms with Gasteiger partial charge in [0, 0.05) is 18.0 Å². The lowest BCUT2D eigenvalue weighted by Crippen LogP contribution is -2.17. The smallest absolute Gasteiger partial charge is 0.271 e. The van der Waals surface area contributed by atoms with Crippen LogP contribution in [0.4, 0.5) is 0 Å². The maximum atomic E-state index is 11.8. The van der Waals surface area contributed by atoms with E-state index in [4.69, 9.17) is 9.47 Å². The number of carbonyl (C=O) groups excluding carboxylic acids is 1. The fourth-order valence-corrected chi connectivity index (χ4v) is 1.83. The maximum Gasteiger partial charge on any atom is 0.271 e. The molecule has 0 aliphatic heterocycles. The molecule has 0 aliphatic rings. The number of amides is 1. The lowest BCUT2D eigenvalue weighted by atomic mass is 10.2. The second-order valence-electron chi connectivity index (χ2n) is 4.69. The van der Waals surface area contributed by atoms with E-state index in [1.165, 1.54) is 0 Å². The Morgan fingerprint density at radius 1 is 1.26 bits per heavy atom. The summed E-state index contributed by atoms with van der Waals surface area (Å²) < 4.78 is 10.9. The third-order valence-electron chi connectivity index (χ3n) is 2.97. The van der Waals surface area contributed by atoms with Crippen LogP contribution < -0.4 is 14.9 Å². The molecule has 1 aromatic heterocycles. The van der Waals surface area contributed by atoms with Crippen molar-refractivity contribution in [1.29, 1.82) is 0 Å². The average molecular weight is 313 g/mol. The fraction of sp³-hybridized carbons (Fsp3) is 0.235. The molecule has 6 nitrogen and oxygen atoms in total. The molecule has 2 aromatic rings. The van der Waals surface area contributed by atoms with Crippen LogP contribution in [0.25, 0.3) is 0 Å². The number of nitrogens with zero attached hydrogens (tertiary/aromatic N) is 2. The van der Waals surface area contributed by atoms with E-state index in [1.807, 2.05) is 19.1 Å². The highest BCUT2D eigenvalue weighted by atomic mass is 16.5. The number of carbonyl (C=O) groups is 1. The van der Waals surface area contributed by atoms with Crippen LogP contribution in [0.1, 0.15) is 29.3 Å². The van der Waals surface area contributed by atoms with E-state index in [9.17, 15) is 4.79 Å². The van der Waals surface area contributed by atoms with Crippen molar-refractivity contribution in [3.05, 3.63) is 53.9 Å². The highest BCUT2D eigenvalue weighted by Crippen LogP contribution is 2.27. The topological polar surface area (TPSA) is 72.8 Å². The number of ether oxygens (including phenoxy) is 2. The van der Waals surface area contributed by atoms with Crippen LogP contribution in [0.2, 0.25) is 0 Å². The van der Waals surface area contributed by atoms with Gasteiger partial charge in [-0.25, -0.2) is 5.43 Å². The lowest BCUT2D eigenvalue weighted by Gasteiger charge is -2.10. The van der Waals surface area contributed by atoms with Gasteiger partial charge in [-0.05, 0) is 42.3 Å². The molecule has 0 atom stereocenters. The number of pyridine rings is 1. The molecule has 0 bridgehead atoms. The first-order valence-corrected chi connectivity index (χ1v) is 7.29. The summed E-state index contributed by atoms with van der Waals surface area (Å²) >= 11 is 0. The Bertz CT molecular complexity index is 672. The molecule has 0 unspecified atom stereocenters. The van der Waals surface area contributed by atoms with Crippen molar-refractivity contribution in [2.45, 2.75) is 13.3 Å². The van der Waals surface area contributed by atoms with Gasteiger partial charge < -0.3 is 9.47 Å². The Labute approximate surface area is 135 Å². The first-order chi connectivity index (χ1) is 11.2. The van der Waals surface area contributed by atoms with Gasteiger partial charge in [-0.2, -0.15) is 5.10 Å². The van der Waals surface area contributed by atoms with Crippen LogP contribution in [0.15, 0.2) is 47.8 Å². The SMILES string of the molecule is CCCOc1cc(/C=N\NC(=O)c2ccncc2)ccc1OC. The molecule has 0 saturated carbocycles. The summed E-state index contributed by atoms with van der Waals surface area (Å²) in [6, 6.07) is 8.69. The van der Waals surface area contributed by atoms with Crippen molar-refractivity contribution >= 4 is 12.1 Å². The third-order valence-corrected chi connectivity index (χ3v) is 2.97. The van der Waals surface area contributed by atoms with Gasteiger partial charge in [-0.15, -0.1) is 0 Å². The van der Waals surface area contributed by atoms with E-state index in [0.29, 0.717) is 23.7 Å². The van der Waals surface area contributed by atoms with Gasteiger partial charge in [0.2, 0.25) is 0 Å². The molecule has 6 heteroatoms. The Kier molecular flexibility index (Phi) is 6.11. The van der Waals surface area contributed by atoms with E-state index in [0.717, 1.165) is 12.0 Å². The monoisotopic (exact) mass is 313 g/mol. The predicted octanol–water partition coefficient (Wildman–Crippen LogP) is 2.64. The molecule has 1 amide bonds. The normalized spacial score (nSPS) is 10.5. The summed E-state index contributed by atoms with van der Waals surface area (Å²) in [5, 5.41) is 3.95. The van der Waals surface area contributed by atoms with Crippen LogP contribution >= 0.6 is 0 Å². The molecule has 23 heavy (non-hydrogen) atoms. The molecular weight excluding hydrogens is 294 g/mol. The highest BCUT2D eigenvalue weighted by molar-refractivity contribution is 5.94. The van der Waals surface area contributed by atoms with Crippen LogP contribution in [-0.4, -0.2) is 30.8 Å². The molecule has 1 aromatic carbocycles. The fourth-order valence-electron chi connectivity index (χ4n) is 1.83. The first-order valence-electron chi connectivity index (χ1n) is 7.29. The van der Waals surface area contributed by atoms with Gasteiger partial charge >= 0.3 is 0 Å². The molecule has 1 heterocycles. The van der Waals surface area contributed by atoms with E-state index in [2.05, 4.69) is 15.5 Å². The minimum atomic E-state index is -0.292. The number of aromatic nitrogens is 1. The van der Waals surface area contributed by atoms with Crippen LogP contribution in [0, 0.1) is 0 Å². The molecular formula is C17H19N3O3. The van der Waals surface area contributed by atoms with Gasteiger partial charge in [0.25, 0.3) is 5.91 Å². The Morgan fingerprint density at radius 2 is 2.04 bits per heavy atom. The zero-order valence-electron chi connectivity index (χ0n) is 13.2. The number of hydrogen-bond donors (Lipinski definition) is 1. The largest absolute Gasteiger partial charge is 0.493 e. The molecule has 0 spiro atoms. The van der Waals surface area contributed by atoms with E-state index in [-0.39, 0.29) is 5.91 Å². The summed E-state index contributed by atoms with van der Waals surface area (Å²) in [5.41, 5.74) is 3.77. The molecule has 0 fully saturated rings. The zero-order valence-corrected chi connectivity index (χ0v) is 13.2. The number of rotatable bonds is 7. The van der Waals surface area contributed by atoms with E-state index < -0.39 is 0 Å². The number of hydrogen-bond acceptors (Lipinski definition) is 5. The van der Waals surface area contributed by atoms with Crippen LogP contribution in [0.3, 0.4) is 0 Å². The third kappa shape index (κ3) is 4.81. The van der Waals surface area contributed by atoms with Gasteiger partial charge in [-0.1, -0.05) is 6.92 Å². The number of methoxy groups -OCH3 is 1. The molecule has 1 N–H and O–H groups in total. The number of hydrazone groups is 1. The standard InChI is InChI=1S/C17H19N3O3/c1-3-10-23-16-11-13(4-5-15(16)22-2)12-19-20-17(21)14-6-8-18-9-7-14/h4-9,11-12H,3,10H2,1-2H3,(H,20,21)/b19-12-. The Balaban J connectivity index is 2.03. The van der Waals surface area contributed by atoms with Gasteiger partial charge in [0.1, 0.15) is 0 Å². The van der Waals surface area contributed by atoms with Gasteiger partial charge in [-0.3, -0.25) is 9.78 Å². The quantitative estimate of drug-likeness (QED) is 0.630. The van der Waals surface area contributed by atoms with Gasteiger partial charge in [0.15, 0.2) is 11.5 Å². The zero-order chi connectivity index (χ0) is 16.5. The molecule has 0 saturated heterocycles. The van der Waals surface area contributed by atoms with Crippen molar-refractivity contribution in [3.8, 4) is 11.5 Å². The molecule has 120 valence electrons. The Morgan fingerprint density at radius 3 is 2.74 bits per heavy atom. The van der Waals surface area contributed by atoms with Crippen molar-refractivity contribution in [2.24, 2.45) is 5.10 Å². The summed E-state index contributed by atoms with van der Waals surface area (Å²) in [5.74, 6) is 1.02. The van der Waals surface area contributed by atoms with E-state index >= 15 is 0 Å². The van der Waals surface area contributed by atoms with E-state index in [1.54, 1.807) is 43.9 Å². The summed E-state index contributed by atoms with van der Waals surface area (Å²) in [4.78, 5) is 15.7. The second-order valence-corrected chi connectivity index (χ2v) is 4.69. The second kappa shape index (κ2) is 8.53. The highest BCUT2D eigenvalue weighted by Gasteiger charge is 2.05. The Hall–Kier alpha value is -2.89. The van der Waals surface area contributed by atoms with Crippen molar-refractivity contribution in [1.82, 2.24) is 10.4 Å². The minimum Gasteiger partial charge on any atom is -0.493 e. The maximum absolute atomic E-state index is 11.8. The first kappa shape index (κ1) is 16.5. The van der Waals surface area contributed by atoms with Crippen molar-refractivity contribution < 1.29 is 14.3 Å². The molecule has 0 radical (unpaired) electrons. The van der Waals surface area contributed by atoms with Crippen molar-refractivity contribution in [3.63, 3.8) is 0 Å². The number of nitrogens with one attached hydrogen (secondary N) is 1. The number of benzene rings is 1. The van der Waals surface area contributed by atoms with Crippen LogP contribution in [0.5, 0.6) is 11.5 Å². The molecule has 2 rings (SSSR count). The predicted molar refractivity (Wildman–Crippen MR) is 88.1 cm³/mol. The summed E-state index contributed by atoms with van der Waals surface area (Å²) in [6.07, 6.45) is 5.57. The lowest BCUT2D eigenvalue weighted by molar-refractivity contribution is 0.0955. The van der Waals surface area contributed by atoms with Crippen molar-refractivity contribution in [2.75, 3.05) is 13.7 Å². The molecule has 0 aliphatic carbocycles. The summed E-state index contributed by atoms with van der Waals surface area (Å²) in [7, 11) is 1.59. The minimum absolute atomic E-state index is 0.292. The average Bonchev–Trinajstić information content (AvgIpc) is 2.60. The van der Waals surface area contributed by atoms with Gasteiger partial charge in [0.05, 0.1) is 19.9 Å².